The first-order valence-electron chi connectivity index (χ1n) is 7.13. The zero-order chi connectivity index (χ0) is 16.2. The number of nitrogens with one attached hydrogen (secondary N) is 3. The molecule has 0 saturated carbocycles. The summed E-state index contributed by atoms with van der Waals surface area (Å²) in [6.07, 6.45) is 3.58. The van der Waals surface area contributed by atoms with Crippen LogP contribution in [0, 0.1) is 0 Å². The van der Waals surface area contributed by atoms with E-state index in [-0.39, 0.29) is 5.91 Å². The predicted molar refractivity (Wildman–Crippen MR) is 82.9 cm³/mol. The van der Waals surface area contributed by atoms with Crippen LogP contribution in [0.15, 0.2) is 47.5 Å². The summed E-state index contributed by atoms with van der Waals surface area (Å²) in [5.74, 6) is 0.153. The quantitative estimate of drug-likeness (QED) is 0.648. The average molecular weight is 312 g/mol. The van der Waals surface area contributed by atoms with E-state index >= 15 is 0 Å². The van der Waals surface area contributed by atoms with Gasteiger partial charge in [0.05, 0.1) is 12.6 Å². The van der Waals surface area contributed by atoms with Gasteiger partial charge in [-0.3, -0.25) is 14.5 Å². The largest absolute Gasteiger partial charge is 0.342 e. The Morgan fingerprint density at radius 1 is 1.39 bits per heavy atom. The van der Waals surface area contributed by atoms with Crippen molar-refractivity contribution in [1.29, 1.82) is 0 Å². The molecule has 3 aromatic rings. The second-order valence-electron chi connectivity index (χ2n) is 5.16. The van der Waals surface area contributed by atoms with Crippen LogP contribution in [0.2, 0.25) is 0 Å². The molecule has 0 bridgehead atoms. The molecule has 8 nitrogen and oxygen atoms in total. The fraction of sp³-hybridized carbons (Fsp3) is 0.200. The lowest BCUT2D eigenvalue weighted by Gasteiger charge is -2.11. The third kappa shape index (κ3) is 3.54. The van der Waals surface area contributed by atoms with Gasteiger partial charge in [-0.15, -0.1) is 0 Å². The van der Waals surface area contributed by atoms with Gasteiger partial charge in [0, 0.05) is 18.0 Å². The molecule has 2 aromatic heterocycles. The Balaban J connectivity index is 1.70. The zero-order valence-corrected chi connectivity index (χ0v) is 12.5. The molecule has 0 aliphatic carbocycles. The monoisotopic (exact) mass is 312 g/mol. The van der Waals surface area contributed by atoms with Gasteiger partial charge in [-0.05, 0) is 30.7 Å². The molecule has 2 heterocycles. The van der Waals surface area contributed by atoms with Crippen LogP contribution in [0.4, 0.5) is 0 Å². The molecule has 8 heteroatoms. The number of carbonyl (C=O) groups excluding carboxylic acids is 1. The van der Waals surface area contributed by atoms with Crippen molar-refractivity contribution in [1.82, 2.24) is 30.3 Å². The van der Waals surface area contributed by atoms with Crippen LogP contribution in [-0.2, 0) is 6.54 Å². The van der Waals surface area contributed by atoms with Gasteiger partial charge in [0.1, 0.15) is 0 Å². The Hall–Kier alpha value is -3.16. The van der Waals surface area contributed by atoms with E-state index in [0.717, 1.165) is 5.56 Å². The molecule has 3 rings (SSSR count). The van der Waals surface area contributed by atoms with E-state index < -0.39 is 11.7 Å². The van der Waals surface area contributed by atoms with Gasteiger partial charge in [0.15, 0.2) is 5.82 Å². The van der Waals surface area contributed by atoms with E-state index in [0.29, 0.717) is 17.9 Å². The summed E-state index contributed by atoms with van der Waals surface area (Å²) in [4.78, 5) is 25.9. The third-order valence-corrected chi connectivity index (χ3v) is 3.37. The lowest BCUT2D eigenvalue weighted by molar-refractivity contribution is 0.0938. The third-order valence-electron chi connectivity index (χ3n) is 3.37. The van der Waals surface area contributed by atoms with Gasteiger partial charge in [-0.1, -0.05) is 12.1 Å². The SMILES string of the molecule is C[C@@H](NC(=O)c1cccc(Cn2cccn2)c1)c1n[nH]c(=O)[nH]1. The summed E-state index contributed by atoms with van der Waals surface area (Å²) in [6, 6.07) is 8.76. The van der Waals surface area contributed by atoms with Gasteiger partial charge >= 0.3 is 5.69 Å². The number of nitrogens with zero attached hydrogens (tertiary/aromatic N) is 3. The summed E-state index contributed by atoms with van der Waals surface area (Å²) >= 11 is 0. The van der Waals surface area contributed by atoms with Crippen molar-refractivity contribution in [2.45, 2.75) is 19.5 Å². The molecule has 0 aliphatic rings. The fourth-order valence-electron chi connectivity index (χ4n) is 2.23. The highest BCUT2D eigenvalue weighted by Crippen LogP contribution is 2.10. The van der Waals surface area contributed by atoms with E-state index in [1.54, 1.807) is 23.9 Å². The Bertz CT molecular complexity index is 849. The first-order valence-corrected chi connectivity index (χ1v) is 7.13. The molecule has 1 amide bonds. The second-order valence-corrected chi connectivity index (χ2v) is 5.16. The number of H-pyrrole nitrogens is 2. The van der Waals surface area contributed by atoms with Gasteiger partial charge < -0.3 is 5.32 Å². The van der Waals surface area contributed by atoms with Crippen molar-refractivity contribution >= 4 is 5.91 Å². The molecule has 0 unspecified atom stereocenters. The molecule has 3 N–H and O–H groups in total. The highest BCUT2D eigenvalue weighted by Gasteiger charge is 2.14. The Labute approximate surface area is 131 Å². The molecule has 1 atom stereocenters. The number of hydrogen-bond acceptors (Lipinski definition) is 4. The number of amides is 1. The molecule has 0 aliphatic heterocycles. The first kappa shape index (κ1) is 14.8. The Kier molecular flexibility index (Phi) is 4.05. The topological polar surface area (TPSA) is 108 Å². The molecule has 1 aromatic carbocycles. The molecular formula is C15H16N6O2. The molecule has 0 fully saturated rings. The number of carbonyl (C=O) groups is 1. The van der Waals surface area contributed by atoms with E-state index in [2.05, 4.69) is 25.6 Å². The van der Waals surface area contributed by atoms with Crippen molar-refractivity contribution in [2.24, 2.45) is 0 Å². The maximum atomic E-state index is 12.3. The van der Waals surface area contributed by atoms with Crippen molar-refractivity contribution in [3.8, 4) is 0 Å². The Morgan fingerprint density at radius 3 is 2.96 bits per heavy atom. The predicted octanol–water partition coefficient (Wildman–Crippen LogP) is 0.834. The molecule has 118 valence electrons. The van der Waals surface area contributed by atoms with Gasteiger partial charge in [-0.25, -0.2) is 9.89 Å². The van der Waals surface area contributed by atoms with E-state index in [4.69, 9.17) is 0 Å². The molecule has 0 radical (unpaired) electrons. The highest BCUT2D eigenvalue weighted by atomic mass is 16.2. The fourth-order valence-corrected chi connectivity index (χ4v) is 2.23. The summed E-state index contributed by atoms with van der Waals surface area (Å²) < 4.78 is 1.79. The number of benzene rings is 1. The number of aromatic amines is 2. The van der Waals surface area contributed by atoms with Crippen LogP contribution in [0.5, 0.6) is 0 Å². The molecular weight excluding hydrogens is 296 g/mol. The van der Waals surface area contributed by atoms with Gasteiger partial charge in [0.2, 0.25) is 0 Å². The standard InChI is InChI=1S/C15H16N6O2/c1-10(13-18-15(23)20-19-13)17-14(22)12-5-2-4-11(8-12)9-21-7-3-6-16-21/h2-8,10H,9H2,1H3,(H,17,22)(H2,18,19,20,23)/t10-/m1/s1. The minimum absolute atomic E-state index is 0.233. The van der Waals surface area contributed by atoms with Crippen molar-refractivity contribution < 1.29 is 4.79 Å². The second kappa shape index (κ2) is 6.30. The smallest absolute Gasteiger partial charge is 0.340 e. The van der Waals surface area contributed by atoms with Crippen LogP contribution in [0.1, 0.15) is 34.7 Å². The van der Waals surface area contributed by atoms with Crippen LogP contribution in [-0.4, -0.2) is 30.9 Å². The maximum absolute atomic E-state index is 12.3. The van der Waals surface area contributed by atoms with Gasteiger partial charge in [0.25, 0.3) is 5.91 Å². The maximum Gasteiger partial charge on any atom is 0.340 e. The zero-order valence-electron chi connectivity index (χ0n) is 12.5. The van der Waals surface area contributed by atoms with E-state index in [1.165, 1.54) is 0 Å². The first-order chi connectivity index (χ1) is 11.1. The van der Waals surface area contributed by atoms with Crippen molar-refractivity contribution in [2.75, 3.05) is 0 Å². The summed E-state index contributed by atoms with van der Waals surface area (Å²) in [6.45, 7) is 2.34. The number of rotatable bonds is 5. The molecule has 23 heavy (non-hydrogen) atoms. The molecule has 0 spiro atoms. The molecule has 0 saturated heterocycles. The lowest BCUT2D eigenvalue weighted by Crippen LogP contribution is -2.27. The van der Waals surface area contributed by atoms with Crippen molar-refractivity contribution in [3.63, 3.8) is 0 Å². The Morgan fingerprint density at radius 2 is 2.26 bits per heavy atom. The summed E-state index contributed by atoms with van der Waals surface area (Å²) in [7, 11) is 0. The van der Waals surface area contributed by atoms with Crippen LogP contribution >= 0.6 is 0 Å². The minimum atomic E-state index is -0.406. The van der Waals surface area contributed by atoms with Crippen LogP contribution < -0.4 is 11.0 Å². The van der Waals surface area contributed by atoms with Crippen LogP contribution in [0.3, 0.4) is 0 Å². The minimum Gasteiger partial charge on any atom is -0.342 e. The highest BCUT2D eigenvalue weighted by molar-refractivity contribution is 5.94. The van der Waals surface area contributed by atoms with E-state index in [1.807, 2.05) is 30.5 Å². The lowest BCUT2D eigenvalue weighted by atomic mass is 10.1. The summed E-state index contributed by atoms with van der Waals surface area (Å²) in [5.41, 5.74) is 1.11. The average Bonchev–Trinajstić information content (AvgIpc) is 3.19. The van der Waals surface area contributed by atoms with Crippen LogP contribution in [0.25, 0.3) is 0 Å². The summed E-state index contributed by atoms with van der Waals surface area (Å²) in [5, 5.41) is 13.0. The van der Waals surface area contributed by atoms with Gasteiger partial charge in [-0.2, -0.15) is 10.2 Å². The normalized spacial score (nSPS) is 12.0. The van der Waals surface area contributed by atoms with Crippen molar-refractivity contribution in [3.05, 3.63) is 70.2 Å². The van der Waals surface area contributed by atoms with E-state index in [9.17, 15) is 9.59 Å². The number of hydrogen-bond donors (Lipinski definition) is 3. The number of aromatic nitrogens is 5.